The van der Waals surface area contributed by atoms with E-state index in [9.17, 15) is 4.79 Å². The van der Waals surface area contributed by atoms with Crippen molar-refractivity contribution in [3.05, 3.63) is 0 Å². The zero-order chi connectivity index (χ0) is 10.6. The lowest BCUT2D eigenvalue weighted by molar-refractivity contribution is -0.121. The van der Waals surface area contributed by atoms with Crippen molar-refractivity contribution in [2.24, 2.45) is 5.92 Å². The van der Waals surface area contributed by atoms with Crippen LogP contribution >= 0.6 is 0 Å². The molecule has 1 atom stereocenters. The zero-order valence-electron chi connectivity index (χ0n) is 9.64. The maximum atomic E-state index is 11.2. The Bertz CT molecular complexity index is 196. The minimum atomic E-state index is -0.0273. The Morgan fingerprint density at radius 2 is 2.21 bits per heavy atom. The number of hydrogen-bond acceptors (Lipinski definition) is 2. The van der Waals surface area contributed by atoms with Crippen LogP contribution in [-0.2, 0) is 9.53 Å². The van der Waals surface area contributed by atoms with Gasteiger partial charge in [-0.2, -0.15) is 0 Å². The van der Waals surface area contributed by atoms with Crippen molar-refractivity contribution in [2.45, 2.75) is 58.0 Å². The quantitative estimate of drug-likeness (QED) is 0.694. The van der Waals surface area contributed by atoms with E-state index in [1.165, 1.54) is 6.42 Å². The van der Waals surface area contributed by atoms with Crippen molar-refractivity contribution in [1.82, 2.24) is 0 Å². The molecule has 0 aromatic carbocycles. The molecule has 0 aliphatic heterocycles. The summed E-state index contributed by atoms with van der Waals surface area (Å²) in [5.41, 5.74) is -0.0273. The predicted molar refractivity (Wildman–Crippen MR) is 57.3 cm³/mol. The van der Waals surface area contributed by atoms with Gasteiger partial charge in [0, 0.05) is 20.0 Å². The minimum Gasteiger partial charge on any atom is -0.379 e. The largest absolute Gasteiger partial charge is 0.379 e. The van der Waals surface area contributed by atoms with Crippen LogP contribution in [0.4, 0.5) is 0 Å². The third-order valence-corrected chi connectivity index (χ3v) is 3.29. The van der Waals surface area contributed by atoms with E-state index in [1.807, 2.05) is 0 Å². The monoisotopic (exact) mass is 198 g/mol. The van der Waals surface area contributed by atoms with E-state index < -0.39 is 0 Å². The van der Waals surface area contributed by atoms with Crippen molar-refractivity contribution in [3.63, 3.8) is 0 Å². The third-order valence-electron chi connectivity index (χ3n) is 3.29. The molecule has 1 fully saturated rings. The molecule has 1 rings (SSSR count). The molecular weight excluding hydrogens is 176 g/mol. The summed E-state index contributed by atoms with van der Waals surface area (Å²) in [4.78, 5) is 11.2. The Morgan fingerprint density at radius 3 is 2.79 bits per heavy atom. The normalized spacial score (nSPS) is 23.9. The van der Waals surface area contributed by atoms with Crippen LogP contribution in [-0.4, -0.2) is 18.5 Å². The summed E-state index contributed by atoms with van der Waals surface area (Å²) in [7, 11) is 1.76. The number of methoxy groups -OCH3 is 1. The van der Waals surface area contributed by atoms with E-state index in [2.05, 4.69) is 13.8 Å². The van der Waals surface area contributed by atoms with Gasteiger partial charge < -0.3 is 4.74 Å². The molecule has 0 heterocycles. The first kappa shape index (κ1) is 11.7. The predicted octanol–water partition coefficient (Wildman–Crippen LogP) is 2.95. The minimum absolute atomic E-state index is 0.0273. The first-order valence-electron chi connectivity index (χ1n) is 5.60. The molecule has 0 amide bonds. The van der Waals surface area contributed by atoms with Crippen molar-refractivity contribution < 1.29 is 9.53 Å². The van der Waals surface area contributed by atoms with Gasteiger partial charge in [-0.05, 0) is 45.4 Å². The second-order valence-corrected chi connectivity index (χ2v) is 5.00. The molecule has 1 unspecified atom stereocenters. The Balaban J connectivity index is 2.27. The van der Waals surface area contributed by atoms with Gasteiger partial charge in [-0.15, -0.1) is 0 Å². The average molecular weight is 198 g/mol. The fourth-order valence-electron chi connectivity index (χ4n) is 2.01. The van der Waals surface area contributed by atoms with Crippen LogP contribution in [0.3, 0.4) is 0 Å². The number of rotatable bonds is 4. The fraction of sp³-hybridized carbons (Fsp3) is 0.917. The van der Waals surface area contributed by atoms with Crippen LogP contribution in [0.5, 0.6) is 0 Å². The summed E-state index contributed by atoms with van der Waals surface area (Å²) in [5, 5.41) is 0. The lowest BCUT2D eigenvalue weighted by Crippen LogP contribution is -2.25. The van der Waals surface area contributed by atoms with E-state index in [0.717, 1.165) is 32.1 Å². The molecule has 14 heavy (non-hydrogen) atoms. The lowest BCUT2D eigenvalue weighted by atomic mass is 9.83. The van der Waals surface area contributed by atoms with Gasteiger partial charge in [0.2, 0.25) is 0 Å². The Hall–Kier alpha value is -0.370. The highest BCUT2D eigenvalue weighted by atomic mass is 16.5. The molecule has 0 saturated heterocycles. The number of hydrogen-bond donors (Lipinski definition) is 0. The van der Waals surface area contributed by atoms with E-state index in [1.54, 1.807) is 7.11 Å². The number of Topliss-reactive ketones (excluding diaryl/α,β-unsaturated/α-hetero) is 1. The molecule has 0 N–H and O–H groups in total. The van der Waals surface area contributed by atoms with Crippen LogP contribution in [0.15, 0.2) is 0 Å². The van der Waals surface area contributed by atoms with E-state index >= 15 is 0 Å². The first-order chi connectivity index (χ1) is 6.53. The Labute approximate surface area is 87.0 Å². The summed E-state index contributed by atoms with van der Waals surface area (Å²) >= 11 is 0. The van der Waals surface area contributed by atoms with Gasteiger partial charge in [-0.1, -0.05) is 0 Å². The molecule has 1 aliphatic carbocycles. The summed E-state index contributed by atoms with van der Waals surface area (Å²) in [5.74, 6) is 1.07. The standard InChI is InChI=1S/C12H22O2/c1-12(2,14-3)8-7-10-5-4-6-11(13)9-10/h10H,4-9H2,1-3H3. The number of carbonyl (C=O) groups excluding carboxylic acids is 1. The highest BCUT2D eigenvalue weighted by Crippen LogP contribution is 2.28. The van der Waals surface area contributed by atoms with Crippen molar-refractivity contribution in [2.75, 3.05) is 7.11 Å². The molecule has 0 spiro atoms. The number of carbonyl (C=O) groups is 1. The highest BCUT2D eigenvalue weighted by molar-refractivity contribution is 5.79. The molecule has 0 aromatic heterocycles. The van der Waals surface area contributed by atoms with Gasteiger partial charge in [0.25, 0.3) is 0 Å². The van der Waals surface area contributed by atoms with Gasteiger partial charge in [-0.3, -0.25) is 4.79 Å². The number of ketones is 1. The van der Waals surface area contributed by atoms with Gasteiger partial charge in [-0.25, -0.2) is 0 Å². The molecule has 2 nitrogen and oxygen atoms in total. The molecule has 82 valence electrons. The summed E-state index contributed by atoms with van der Waals surface area (Å²) in [6.45, 7) is 4.22. The number of ether oxygens (including phenoxy) is 1. The molecule has 2 heteroatoms. The van der Waals surface area contributed by atoms with E-state index in [0.29, 0.717) is 11.7 Å². The SMILES string of the molecule is COC(C)(C)CCC1CCCC(=O)C1. The van der Waals surface area contributed by atoms with Gasteiger partial charge in [0.1, 0.15) is 5.78 Å². The van der Waals surface area contributed by atoms with Crippen molar-refractivity contribution >= 4 is 5.78 Å². The van der Waals surface area contributed by atoms with Gasteiger partial charge in [0.15, 0.2) is 0 Å². The molecule has 0 aromatic rings. The average Bonchev–Trinajstić information content (AvgIpc) is 2.15. The van der Waals surface area contributed by atoms with Crippen LogP contribution in [0.25, 0.3) is 0 Å². The smallest absolute Gasteiger partial charge is 0.133 e. The van der Waals surface area contributed by atoms with Crippen LogP contribution in [0.2, 0.25) is 0 Å². The van der Waals surface area contributed by atoms with Crippen LogP contribution in [0.1, 0.15) is 52.4 Å². The lowest BCUT2D eigenvalue weighted by Gasteiger charge is -2.27. The van der Waals surface area contributed by atoms with Crippen LogP contribution in [0, 0.1) is 5.92 Å². The maximum Gasteiger partial charge on any atom is 0.133 e. The van der Waals surface area contributed by atoms with E-state index in [4.69, 9.17) is 4.74 Å². The fourth-order valence-corrected chi connectivity index (χ4v) is 2.01. The second-order valence-electron chi connectivity index (χ2n) is 5.00. The third kappa shape index (κ3) is 3.79. The van der Waals surface area contributed by atoms with Gasteiger partial charge >= 0.3 is 0 Å². The molecular formula is C12H22O2. The molecule has 0 radical (unpaired) electrons. The molecule has 1 saturated carbocycles. The summed E-state index contributed by atoms with van der Waals surface area (Å²) in [6.07, 6.45) is 6.13. The Morgan fingerprint density at radius 1 is 1.50 bits per heavy atom. The summed E-state index contributed by atoms with van der Waals surface area (Å²) < 4.78 is 5.37. The maximum absolute atomic E-state index is 11.2. The summed E-state index contributed by atoms with van der Waals surface area (Å²) in [6, 6.07) is 0. The Kier molecular flexibility index (Phi) is 4.11. The van der Waals surface area contributed by atoms with Crippen molar-refractivity contribution in [1.29, 1.82) is 0 Å². The topological polar surface area (TPSA) is 26.3 Å². The van der Waals surface area contributed by atoms with Gasteiger partial charge in [0.05, 0.1) is 5.60 Å². The van der Waals surface area contributed by atoms with Crippen molar-refractivity contribution in [3.8, 4) is 0 Å². The van der Waals surface area contributed by atoms with E-state index in [-0.39, 0.29) is 5.60 Å². The first-order valence-corrected chi connectivity index (χ1v) is 5.60. The zero-order valence-corrected chi connectivity index (χ0v) is 9.64. The highest BCUT2D eigenvalue weighted by Gasteiger charge is 2.23. The molecule has 1 aliphatic rings. The van der Waals surface area contributed by atoms with Crippen LogP contribution < -0.4 is 0 Å². The second kappa shape index (κ2) is 4.92. The molecule has 0 bridgehead atoms.